The van der Waals surface area contributed by atoms with E-state index >= 15 is 0 Å². The number of carbonyl (C=O) groups is 1. The molecule has 0 bridgehead atoms. The standard InChI is InChI=1S/C15H15NO4/c17-13-11-6-1-2-7-12(11)14(18)16(13)10-5-3-4-9(8-10)15(19)20/h3-5,8,17-18H,1-2,6-7H2,(H,19,20). The minimum Gasteiger partial charge on any atom is -0.494 e. The molecule has 0 spiro atoms. The van der Waals surface area contributed by atoms with Crippen molar-refractivity contribution in [2.75, 3.05) is 0 Å². The van der Waals surface area contributed by atoms with Crippen LogP contribution in [0.1, 0.15) is 34.3 Å². The van der Waals surface area contributed by atoms with Crippen LogP contribution in [-0.2, 0) is 12.8 Å². The van der Waals surface area contributed by atoms with E-state index in [0.29, 0.717) is 5.69 Å². The highest BCUT2D eigenvalue weighted by molar-refractivity contribution is 5.88. The number of carboxylic acid groups (broad SMARTS) is 1. The zero-order valence-electron chi connectivity index (χ0n) is 10.8. The average molecular weight is 273 g/mol. The van der Waals surface area contributed by atoms with Gasteiger partial charge in [-0.15, -0.1) is 0 Å². The first kappa shape index (κ1) is 12.6. The van der Waals surface area contributed by atoms with Gasteiger partial charge >= 0.3 is 5.97 Å². The fraction of sp³-hybridized carbons (Fsp3) is 0.267. The van der Waals surface area contributed by atoms with Crippen molar-refractivity contribution in [1.82, 2.24) is 4.57 Å². The first-order chi connectivity index (χ1) is 9.59. The molecule has 0 amide bonds. The summed E-state index contributed by atoms with van der Waals surface area (Å²) in [6.45, 7) is 0. The van der Waals surface area contributed by atoms with E-state index in [-0.39, 0.29) is 17.3 Å². The SMILES string of the molecule is O=C(O)c1cccc(-n2c(O)c3c(c2O)CCCC3)c1. The maximum Gasteiger partial charge on any atom is 0.335 e. The second-order valence-corrected chi connectivity index (χ2v) is 5.00. The Morgan fingerprint density at radius 3 is 2.20 bits per heavy atom. The van der Waals surface area contributed by atoms with Gasteiger partial charge in [-0.05, 0) is 43.9 Å². The molecule has 2 aromatic rings. The summed E-state index contributed by atoms with van der Waals surface area (Å²) in [4.78, 5) is 11.0. The molecule has 0 radical (unpaired) electrons. The van der Waals surface area contributed by atoms with Gasteiger partial charge in [0.25, 0.3) is 0 Å². The summed E-state index contributed by atoms with van der Waals surface area (Å²) < 4.78 is 1.32. The van der Waals surface area contributed by atoms with Gasteiger partial charge in [-0.1, -0.05) is 6.07 Å². The van der Waals surface area contributed by atoms with Crippen LogP contribution in [0.5, 0.6) is 11.8 Å². The predicted molar refractivity (Wildman–Crippen MR) is 72.7 cm³/mol. The van der Waals surface area contributed by atoms with Crippen molar-refractivity contribution in [2.24, 2.45) is 0 Å². The first-order valence-corrected chi connectivity index (χ1v) is 6.57. The number of nitrogens with zero attached hydrogens (tertiary/aromatic N) is 1. The summed E-state index contributed by atoms with van der Waals surface area (Å²) in [6.07, 6.45) is 3.44. The topological polar surface area (TPSA) is 82.7 Å². The summed E-state index contributed by atoms with van der Waals surface area (Å²) in [5, 5.41) is 29.6. The number of aromatic hydroxyl groups is 2. The molecule has 1 heterocycles. The van der Waals surface area contributed by atoms with E-state index in [1.807, 2.05) is 0 Å². The Bertz CT molecular complexity index is 658. The van der Waals surface area contributed by atoms with Crippen molar-refractivity contribution in [1.29, 1.82) is 0 Å². The molecule has 5 heteroatoms. The minimum absolute atomic E-state index is 0.0136. The van der Waals surface area contributed by atoms with Crippen molar-refractivity contribution >= 4 is 5.97 Å². The molecule has 3 rings (SSSR count). The van der Waals surface area contributed by atoms with E-state index in [1.165, 1.54) is 16.7 Å². The number of benzene rings is 1. The van der Waals surface area contributed by atoms with Gasteiger partial charge in [0, 0.05) is 11.1 Å². The third kappa shape index (κ3) is 1.82. The molecule has 0 unspecified atom stereocenters. The number of fused-ring (bicyclic) bond motifs is 1. The van der Waals surface area contributed by atoms with Crippen LogP contribution >= 0.6 is 0 Å². The highest BCUT2D eigenvalue weighted by Gasteiger charge is 2.25. The van der Waals surface area contributed by atoms with Crippen LogP contribution in [0.4, 0.5) is 0 Å². The molecule has 1 aliphatic rings. The van der Waals surface area contributed by atoms with Gasteiger partial charge in [0.05, 0.1) is 11.3 Å². The third-order valence-electron chi connectivity index (χ3n) is 3.78. The van der Waals surface area contributed by atoms with E-state index in [0.717, 1.165) is 36.8 Å². The lowest BCUT2D eigenvalue weighted by molar-refractivity contribution is 0.0696. The van der Waals surface area contributed by atoms with Crippen molar-refractivity contribution in [3.63, 3.8) is 0 Å². The molecule has 1 aromatic carbocycles. The summed E-state index contributed by atoms with van der Waals surface area (Å²) in [6, 6.07) is 6.17. The smallest absolute Gasteiger partial charge is 0.335 e. The number of aromatic nitrogens is 1. The molecule has 1 aromatic heterocycles. The third-order valence-corrected chi connectivity index (χ3v) is 3.78. The Hall–Kier alpha value is -2.43. The fourth-order valence-electron chi connectivity index (χ4n) is 2.79. The second kappa shape index (κ2) is 4.59. The van der Waals surface area contributed by atoms with E-state index in [2.05, 4.69) is 0 Å². The van der Waals surface area contributed by atoms with Crippen LogP contribution in [0.15, 0.2) is 24.3 Å². The minimum atomic E-state index is -1.04. The van der Waals surface area contributed by atoms with Gasteiger partial charge in [0.1, 0.15) is 0 Å². The Morgan fingerprint density at radius 2 is 1.65 bits per heavy atom. The highest BCUT2D eigenvalue weighted by Crippen LogP contribution is 2.40. The van der Waals surface area contributed by atoms with Crippen molar-refractivity contribution in [3.8, 4) is 17.4 Å². The lowest BCUT2D eigenvalue weighted by Gasteiger charge is -2.09. The maximum atomic E-state index is 11.0. The van der Waals surface area contributed by atoms with Crippen molar-refractivity contribution in [2.45, 2.75) is 25.7 Å². The van der Waals surface area contributed by atoms with Crippen molar-refractivity contribution in [3.05, 3.63) is 41.0 Å². The molecule has 3 N–H and O–H groups in total. The Kier molecular flexibility index (Phi) is 2.89. The maximum absolute atomic E-state index is 11.0. The Balaban J connectivity index is 2.17. The van der Waals surface area contributed by atoms with Gasteiger partial charge in [-0.25, -0.2) is 4.79 Å². The summed E-state index contributed by atoms with van der Waals surface area (Å²) >= 11 is 0. The van der Waals surface area contributed by atoms with Crippen LogP contribution in [0.3, 0.4) is 0 Å². The van der Waals surface area contributed by atoms with Crippen LogP contribution < -0.4 is 0 Å². The normalized spacial score (nSPS) is 14.0. The molecular weight excluding hydrogens is 258 g/mol. The van der Waals surface area contributed by atoms with Gasteiger partial charge in [-0.2, -0.15) is 0 Å². The van der Waals surface area contributed by atoms with E-state index in [9.17, 15) is 15.0 Å². The van der Waals surface area contributed by atoms with Gasteiger partial charge in [0.15, 0.2) is 0 Å². The van der Waals surface area contributed by atoms with E-state index in [4.69, 9.17) is 5.11 Å². The Labute approximate surface area is 115 Å². The molecule has 0 aliphatic heterocycles. The molecule has 0 saturated carbocycles. The van der Waals surface area contributed by atoms with E-state index < -0.39 is 5.97 Å². The van der Waals surface area contributed by atoms with Gasteiger partial charge in [0.2, 0.25) is 11.8 Å². The van der Waals surface area contributed by atoms with Crippen LogP contribution in [0.2, 0.25) is 0 Å². The predicted octanol–water partition coefficient (Wildman–Crippen LogP) is 2.47. The van der Waals surface area contributed by atoms with Crippen molar-refractivity contribution < 1.29 is 20.1 Å². The quantitative estimate of drug-likeness (QED) is 0.785. The first-order valence-electron chi connectivity index (χ1n) is 6.57. The van der Waals surface area contributed by atoms with E-state index in [1.54, 1.807) is 12.1 Å². The molecule has 0 fully saturated rings. The zero-order chi connectivity index (χ0) is 14.3. The fourth-order valence-corrected chi connectivity index (χ4v) is 2.79. The molecule has 20 heavy (non-hydrogen) atoms. The average Bonchev–Trinajstić information content (AvgIpc) is 2.72. The molecule has 1 aliphatic carbocycles. The number of hydrogen-bond acceptors (Lipinski definition) is 3. The highest BCUT2D eigenvalue weighted by atomic mass is 16.4. The Morgan fingerprint density at radius 1 is 1.05 bits per heavy atom. The monoisotopic (exact) mass is 273 g/mol. The number of rotatable bonds is 2. The summed E-state index contributed by atoms with van der Waals surface area (Å²) in [7, 11) is 0. The molecule has 104 valence electrons. The zero-order valence-corrected chi connectivity index (χ0v) is 10.8. The van der Waals surface area contributed by atoms with Gasteiger partial charge in [-0.3, -0.25) is 4.57 Å². The second-order valence-electron chi connectivity index (χ2n) is 5.00. The molecule has 0 saturated heterocycles. The van der Waals surface area contributed by atoms with Crippen LogP contribution in [-0.4, -0.2) is 25.9 Å². The summed E-state index contributed by atoms with van der Waals surface area (Å²) in [5.74, 6) is -1.01. The summed E-state index contributed by atoms with van der Waals surface area (Å²) in [5.41, 5.74) is 2.12. The van der Waals surface area contributed by atoms with Gasteiger partial charge < -0.3 is 15.3 Å². The number of hydrogen-bond donors (Lipinski definition) is 3. The molecule has 0 atom stereocenters. The largest absolute Gasteiger partial charge is 0.494 e. The van der Waals surface area contributed by atoms with Crippen LogP contribution in [0, 0.1) is 0 Å². The lowest BCUT2D eigenvalue weighted by Crippen LogP contribution is -1.99. The lowest BCUT2D eigenvalue weighted by atomic mass is 9.95. The molecular formula is C15H15NO4. The number of carboxylic acids is 1. The molecule has 5 nitrogen and oxygen atoms in total. The van der Waals surface area contributed by atoms with Crippen LogP contribution in [0.25, 0.3) is 5.69 Å². The number of aromatic carboxylic acids is 1.